The third-order valence-electron chi connectivity index (χ3n) is 9.12. The van der Waals surface area contributed by atoms with Crippen LogP contribution < -0.4 is 5.32 Å². The first-order valence-corrected chi connectivity index (χ1v) is 15.5. The molecule has 4 heterocycles. The molecule has 5 aromatic carbocycles. The van der Waals surface area contributed by atoms with E-state index in [2.05, 4.69) is 137 Å². The van der Waals surface area contributed by atoms with Gasteiger partial charge in [0, 0.05) is 43.1 Å². The van der Waals surface area contributed by atoms with Crippen LogP contribution in [-0.2, 0) is 0 Å². The molecule has 2 atom stereocenters. The summed E-state index contributed by atoms with van der Waals surface area (Å²) >= 11 is 1.81. The first-order chi connectivity index (χ1) is 21.3. The van der Waals surface area contributed by atoms with E-state index in [4.69, 9.17) is 9.97 Å². The van der Waals surface area contributed by atoms with Crippen LogP contribution in [0.2, 0.25) is 0 Å². The highest BCUT2D eigenvalue weighted by atomic mass is 32.1. The second kappa shape index (κ2) is 8.63. The van der Waals surface area contributed by atoms with Crippen LogP contribution in [0.5, 0.6) is 0 Å². The maximum Gasteiger partial charge on any atom is 0.235 e. The summed E-state index contributed by atoms with van der Waals surface area (Å²) in [5.74, 6) is 1.00. The minimum absolute atomic E-state index is 0.243. The molecule has 1 aliphatic carbocycles. The van der Waals surface area contributed by atoms with Gasteiger partial charge in [0.1, 0.15) is 0 Å². The molecule has 0 saturated carbocycles. The minimum atomic E-state index is 0.243. The number of fused-ring (bicyclic) bond motifs is 12. The zero-order valence-electron chi connectivity index (χ0n) is 23.0. The number of nitrogens with one attached hydrogen (secondary N) is 1. The molecule has 3 aromatic heterocycles. The van der Waals surface area contributed by atoms with Gasteiger partial charge in [-0.15, -0.1) is 11.3 Å². The van der Waals surface area contributed by atoms with Crippen LogP contribution in [0.15, 0.2) is 127 Å². The molecule has 0 amide bonds. The second-order valence-corrected chi connectivity index (χ2v) is 12.5. The summed E-state index contributed by atoms with van der Waals surface area (Å²) in [5, 5.41) is 9.86. The molecule has 43 heavy (non-hydrogen) atoms. The number of thiophene rings is 1. The number of nitrogens with zero attached hydrogens (tertiary/aromatic N) is 3. The quantitative estimate of drug-likeness (QED) is 0.226. The summed E-state index contributed by atoms with van der Waals surface area (Å²) in [6.45, 7) is 0. The normalized spacial score (nSPS) is 17.3. The topological polar surface area (TPSA) is 42.7 Å². The van der Waals surface area contributed by atoms with Crippen molar-refractivity contribution in [2.75, 3.05) is 5.32 Å². The van der Waals surface area contributed by atoms with Crippen molar-refractivity contribution in [3.05, 3.63) is 133 Å². The number of benzene rings is 5. The molecule has 1 N–H and O–H groups in total. The van der Waals surface area contributed by atoms with Crippen molar-refractivity contribution in [1.29, 1.82) is 0 Å². The smallest absolute Gasteiger partial charge is 0.235 e. The lowest BCUT2D eigenvalue weighted by Gasteiger charge is -2.15. The van der Waals surface area contributed by atoms with E-state index in [9.17, 15) is 0 Å². The largest absolute Gasteiger partial charge is 0.376 e. The summed E-state index contributed by atoms with van der Waals surface area (Å²) in [7, 11) is 0. The fourth-order valence-corrected chi connectivity index (χ4v) is 8.39. The Kier molecular flexibility index (Phi) is 4.68. The van der Waals surface area contributed by atoms with Crippen molar-refractivity contribution in [2.45, 2.75) is 12.0 Å². The Hall–Kier alpha value is -5.26. The van der Waals surface area contributed by atoms with Crippen LogP contribution in [0, 0.1) is 0 Å². The summed E-state index contributed by atoms with van der Waals surface area (Å²) in [4.78, 5) is 10.8. The molecule has 8 aromatic rings. The molecule has 0 radical (unpaired) electrons. The standard InChI is InChI=1S/C38H24N4S/c1-2-10-22(11-3-1)33-29-21-20-28-25-14-6-9-17-32(25)43-37(28)35(29)41-38(40-33)42-31-16-8-5-13-24(31)27-19-18-26-23-12-4-7-15-30(23)39-34(26)36(27)42/h1-21,23,30,39H. The van der Waals surface area contributed by atoms with Crippen molar-refractivity contribution in [2.24, 2.45) is 0 Å². The minimum Gasteiger partial charge on any atom is -0.376 e. The predicted octanol–water partition coefficient (Wildman–Crippen LogP) is 9.77. The fourth-order valence-electron chi connectivity index (χ4n) is 7.20. The van der Waals surface area contributed by atoms with Crippen molar-refractivity contribution < 1.29 is 0 Å². The molecule has 0 bridgehead atoms. The van der Waals surface area contributed by atoms with E-state index >= 15 is 0 Å². The van der Waals surface area contributed by atoms with Crippen molar-refractivity contribution in [1.82, 2.24) is 14.5 Å². The van der Waals surface area contributed by atoms with Crippen LogP contribution in [0.1, 0.15) is 11.5 Å². The maximum absolute atomic E-state index is 5.45. The Morgan fingerprint density at radius 1 is 0.651 bits per heavy atom. The van der Waals surface area contributed by atoms with Crippen LogP contribution in [-0.4, -0.2) is 20.6 Å². The van der Waals surface area contributed by atoms with Gasteiger partial charge in [-0.3, -0.25) is 4.57 Å². The predicted molar refractivity (Wildman–Crippen MR) is 181 cm³/mol. The third-order valence-corrected chi connectivity index (χ3v) is 10.3. The number of para-hydroxylation sites is 1. The fraction of sp³-hybridized carbons (Fsp3) is 0.0526. The van der Waals surface area contributed by atoms with E-state index in [1.807, 2.05) is 11.3 Å². The number of hydrogen-bond donors (Lipinski definition) is 1. The summed E-state index contributed by atoms with van der Waals surface area (Å²) in [6, 6.07) is 37.1. The second-order valence-electron chi connectivity index (χ2n) is 11.4. The van der Waals surface area contributed by atoms with E-state index in [0.29, 0.717) is 11.9 Å². The van der Waals surface area contributed by atoms with Crippen LogP contribution in [0.4, 0.5) is 5.69 Å². The van der Waals surface area contributed by atoms with E-state index in [1.165, 1.54) is 42.2 Å². The molecule has 4 nitrogen and oxygen atoms in total. The lowest BCUT2D eigenvalue weighted by Crippen LogP contribution is -2.17. The Bertz CT molecular complexity index is 2500. The highest BCUT2D eigenvalue weighted by molar-refractivity contribution is 7.26. The summed E-state index contributed by atoms with van der Waals surface area (Å²) in [6.07, 6.45) is 8.87. The summed E-state index contributed by atoms with van der Waals surface area (Å²) in [5.41, 5.74) is 7.76. The van der Waals surface area contributed by atoms with Crippen molar-refractivity contribution >= 4 is 69.9 Å². The average molecular weight is 569 g/mol. The molecule has 0 saturated heterocycles. The number of hydrogen-bond acceptors (Lipinski definition) is 4. The molecule has 0 spiro atoms. The molecular weight excluding hydrogens is 545 g/mol. The average Bonchev–Trinajstić information content (AvgIpc) is 3.74. The Labute approximate surface area is 251 Å². The van der Waals surface area contributed by atoms with Gasteiger partial charge in [-0.2, -0.15) is 0 Å². The molecule has 5 heteroatoms. The van der Waals surface area contributed by atoms with E-state index in [-0.39, 0.29) is 6.04 Å². The van der Waals surface area contributed by atoms with Crippen LogP contribution in [0.3, 0.4) is 0 Å². The van der Waals surface area contributed by atoms with E-state index in [1.54, 1.807) is 0 Å². The molecule has 2 unspecified atom stereocenters. The van der Waals surface area contributed by atoms with Gasteiger partial charge in [-0.1, -0.05) is 109 Å². The van der Waals surface area contributed by atoms with Crippen LogP contribution >= 0.6 is 11.3 Å². The highest BCUT2D eigenvalue weighted by Crippen LogP contribution is 2.47. The van der Waals surface area contributed by atoms with Crippen molar-refractivity contribution in [3.63, 3.8) is 0 Å². The van der Waals surface area contributed by atoms with Gasteiger partial charge < -0.3 is 5.32 Å². The van der Waals surface area contributed by atoms with Gasteiger partial charge in [-0.05, 0) is 23.8 Å². The monoisotopic (exact) mass is 568 g/mol. The lowest BCUT2D eigenvalue weighted by molar-refractivity contribution is 0.805. The zero-order chi connectivity index (χ0) is 28.1. The van der Waals surface area contributed by atoms with E-state index < -0.39 is 0 Å². The van der Waals surface area contributed by atoms with Gasteiger partial charge in [0.2, 0.25) is 5.95 Å². The molecule has 2 aliphatic rings. The molecule has 202 valence electrons. The Morgan fingerprint density at radius 2 is 1.42 bits per heavy atom. The lowest BCUT2D eigenvalue weighted by atomic mass is 9.91. The van der Waals surface area contributed by atoms with Gasteiger partial charge in [0.15, 0.2) is 0 Å². The van der Waals surface area contributed by atoms with Gasteiger partial charge in [0.05, 0.1) is 38.7 Å². The molecule has 0 fully saturated rings. The summed E-state index contributed by atoms with van der Waals surface area (Å²) < 4.78 is 4.76. The van der Waals surface area contributed by atoms with E-state index in [0.717, 1.165) is 33.2 Å². The Morgan fingerprint density at radius 3 is 2.35 bits per heavy atom. The maximum atomic E-state index is 5.45. The number of anilines is 1. The zero-order valence-corrected chi connectivity index (χ0v) is 23.8. The molecule has 1 aliphatic heterocycles. The highest BCUT2D eigenvalue weighted by Gasteiger charge is 2.33. The van der Waals surface area contributed by atoms with Gasteiger partial charge in [0.25, 0.3) is 0 Å². The Balaban J connectivity index is 1.36. The molecular formula is C38H24N4S. The third kappa shape index (κ3) is 3.20. The first-order valence-electron chi connectivity index (χ1n) is 14.7. The van der Waals surface area contributed by atoms with Gasteiger partial charge >= 0.3 is 0 Å². The van der Waals surface area contributed by atoms with Crippen LogP contribution in [0.25, 0.3) is 70.1 Å². The molecule has 10 rings (SSSR count). The number of allylic oxidation sites excluding steroid dienone is 2. The SMILES string of the molecule is C1=CC2Nc3c(ccc4c5ccccc5n(-c5nc(-c6ccccc6)c6ccc7c8ccccc8sc7c6n5)c34)C2C=C1. The number of aromatic nitrogens is 3. The van der Waals surface area contributed by atoms with Gasteiger partial charge in [-0.25, -0.2) is 9.97 Å². The van der Waals surface area contributed by atoms with Crippen molar-refractivity contribution in [3.8, 4) is 17.2 Å². The number of rotatable bonds is 2. The first kappa shape index (κ1) is 23.3.